The van der Waals surface area contributed by atoms with Crippen molar-refractivity contribution in [3.63, 3.8) is 0 Å². The molecule has 1 aromatic heterocycles. The number of Topliss-reactive ketones (excluding diaryl/α,β-unsaturated/α-hetero) is 1. The highest BCUT2D eigenvalue weighted by Gasteiger charge is 2.47. The quantitative estimate of drug-likeness (QED) is 0.384. The lowest BCUT2D eigenvalue weighted by atomic mass is 9.72. The normalized spacial score (nSPS) is 35.6. The first-order valence-corrected chi connectivity index (χ1v) is 13.8. The van der Waals surface area contributed by atoms with Crippen molar-refractivity contribution in [2.75, 3.05) is 0 Å². The Labute approximate surface area is 217 Å². The van der Waals surface area contributed by atoms with Gasteiger partial charge in [-0.15, -0.1) is 11.3 Å². The standard InChI is InChI=1S/C29H39NO5S/c1-15-7-9-23(19-8-10-24-22(13-19)30-18(4)36-24)35-26(32)14-25(31)29(5,6)28(34)17(3)27(33)16(2)21-12-20(21)11-15/h7-8,10,13,16-17,20-21,23,25,27,31,33H,9,11-12,14H2,1-6H3/b15-7-/t16-,17+,20?,21?,23+,25-,27-/m0/s1. The molecule has 7 heteroatoms. The van der Waals surface area contributed by atoms with Gasteiger partial charge in [0, 0.05) is 12.3 Å². The highest BCUT2D eigenvalue weighted by atomic mass is 32.1. The molecule has 6 nitrogen and oxygen atoms in total. The molecule has 0 spiro atoms. The Kier molecular flexibility index (Phi) is 7.75. The molecule has 2 aromatic rings. The van der Waals surface area contributed by atoms with Gasteiger partial charge in [0.15, 0.2) is 0 Å². The van der Waals surface area contributed by atoms with E-state index in [0.717, 1.165) is 33.6 Å². The van der Waals surface area contributed by atoms with Crippen LogP contribution < -0.4 is 0 Å². The summed E-state index contributed by atoms with van der Waals surface area (Å²) < 4.78 is 7.00. The summed E-state index contributed by atoms with van der Waals surface area (Å²) in [5.74, 6) is -0.562. The number of thiazole rings is 1. The highest BCUT2D eigenvalue weighted by Crippen LogP contribution is 2.50. The van der Waals surface area contributed by atoms with Crippen LogP contribution in [0, 0.1) is 36.0 Å². The van der Waals surface area contributed by atoms with E-state index in [0.29, 0.717) is 18.3 Å². The number of hydrogen-bond acceptors (Lipinski definition) is 7. The number of ketones is 1. The van der Waals surface area contributed by atoms with Gasteiger partial charge in [0.25, 0.3) is 0 Å². The van der Waals surface area contributed by atoms with Crippen LogP contribution in [0.15, 0.2) is 29.8 Å². The van der Waals surface area contributed by atoms with Crippen LogP contribution in [0.2, 0.25) is 0 Å². The summed E-state index contributed by atoms with van der Waals surface area (Å²) in [6.07, 6.45) is 1.84. The molecule has 4 rings (SSSR count). The lowest BCUT2D eigenvalue weighted by Crippen LogP contribution is -2.45. The minimum absolute atomic E-state index is 0.00592. The van der Waals surface area contributed by atoms with Crippen LogP contribution >= 0.6 is 11.3 Å². The zero-order valence-electron chi connectivity index (χ0n) is 22.2. The largest absolute Gasteiger partial charge is 0.457 e. The zero-order chi connectivity index (χ0) is 26.4. The predicted octanol–water partition coefficient (Wildman–Crippen LogP) is 5.54. The van der Waals surface area contributed by atoms with Crippen molar-refractivity contribution in [3.05, 3.63) is 40.4 Å². The Morgan fingerprint density at radius 2 is 1.83 bits per heavy atom. The van der Waals surface area contributed by atoms with E-state index in [1.165, 1.54) is 5.57 Å². The minimum atomic E-state index is -1.22. The van der Waals surface area contributed by atoms with E-state index in [9.17, 15) is 19.8 Å². The number of esters is 1. The zero-order valence-corrected chi connectivity index (χ0v) is 23.0. The van der Waals surface area contributed by atoms with Gasteiger partial charge < -0.3 is 14.9 Å². The molecule has 1 aliphatic heterocycles. The Hall–Kier alpha value is -2.09. The fourth-order valence-electron chi connectivity index (χ4n) is 5.70. The fourth-order valence-corrected chi connectivity index (χ4v) is 6.51. The number of carbonyl (C=O) groups excluding carboxylic acids is 2. The van der Waals surface area contributed by atoms with Crippen molar-refractivity contribution < 1.29 is 24.5 Å². The molecule has 0 radical (unpaired) electrons. The number of rotatable bonds is 1. The van der Waals surface area contributed by atoms with Crippen molar-refractivity contribution in [2.45, 2.75) is 85.5 Å². The van der Waals surface area contributed by atoms with E-state index in [-0.39, 0.29) is 18.1 Å². The van der Waals surface area contributed by atoms with Gasteiger partial charge >= 0.3 is 5.97 Å². The van der Waals surface area contributed by atoms with Crippen molar-refractivity contribution >= 4 is 33.3 Å². The van der Waals surface area contributed by atoms with Gasteiger partial charge in [-0.3, -0.25) is 9.59 Å². The number of fused-ring (bicyclic) bond motifs is 2. The average molecular weight is 514 g/mol. The second-order valence-electron chi connectivity index (χ2n) is 11.5. The number of aliphatic hydroxyl groups is 2. The minimum Gasteiger partial charge on any atom is -0.457 e. The molecule has 2 unspecified atom stereocenters. The monoisotopic (exact) mass is 513 g/mol. The summed E-state index contributed by atoms with van der Waals surface area (Å²) in [6.45, 7) is 11.1. The van der Waals surface area contributed by atoms with E-state index in [4.69, 9.17) is 4.74 Å². The first-order chi connectivity index (χ1) is 16.9. The molecule has 1 saturated carbocycles. The smallest absolute Gasteiger partial charge is 0.309 e. The summed E-state index contributed by atoms with van der Waals surface area (Å²) in [4.78, 5) is 30.9. The number of benzene rings is 1. The first kappa shape index (κ1) is 27.0. The number of ether oxygens (including phenoxy) is 1. The molecule has 2 aliphatic rings. The van der Waals surface area contributed by atoms with Crippen LogP contribution in [0.25, 0.3) is 10.2 Å². The van der Waals surface area contributed by atoms with E-state index in [1.54, 1.807) is 32.1 Å². The molecular formula is C29H39NO5S. The van der Waals surface area contributed by atoms with Gasteiger partial charge in [-0.05, 0) is 62.1 Å². The summed E-state index contributed by atoms with van der Waals surface area (Å²) in [7, 11) is 0. The molecule has 1 fully saturated rings. The third kappa shape index (κ3) is 5.58. The third-order valence-corrected chi connectivity index (χ3v) is 9.33. The van der Waals surface area contributed by atoms with Gasteiger partial charge in [0.05, 0.1) is 39.3 Å². The van der Waals surface area contributed by atoms with E-state index in [1.807, 2.05) is 32.0 Å². The molecule has 0 saturated heterocycles. The molecule has 2 N–H and O–H groups in total. The van der Waals surface area contributed by atoms with Crippen molar-refractivity contribution in [1.82, 2.24) is 4.98 Å². The summed E-state index contributed by atoms with van der Waals surface area (Å²) in [6, 6.07) is 5.97. The molecule has 0 bridgehead atoms. The third-order valence-electron chi connectivity index (χ3n) is 8.37. The van der Waals surface area contributed by atoms with Crippen molar-refractivity contribution in [2.24, 2.45) is 29.1 Å². The summed E-state index contributed by atoms with van der Waals surface area (Å²) >= 11 is 1.63. The number of aromatic nitrogens is 1. The number of hydrogen-bond donors (Lipinski definition) is 2. The van der Waals surface area contributed by atoms with Crippen LogP contribution in [-0.4, -0.2) is 39.2 Å². The topological polar surface area (TPSA) is 96.7 Å². The molecule has 2 heterocycles. The van der Waals surface area contributed by atoms with E-state index < -0.39 is 35.6 Å². The number of aliphatic hydroxyl groups excluding tert-OH is 2. The number of nitrogens with zero attached hydrogens (tertiary/aromatic N) is 1. The second-order valence-corrected chi connectivity index (χ2v) is 12.8. The first-order valence-electron chi connectivity index (χ1n) is 13.0. The van der Waals surface area contributed by atoms with Crippen LogP contribution in [0.3, 0.4) is 0 Å². The van der Waals surface area contributed by atoms with Gasteiger partial charge in [0.2, 0.25) is 0 Å². The molecular weight excluding hydrogens is 474 g/mol. The molecule has 1 aliphatic carbocycles. The van der Waals surface area contributed by atoms with Gasteiger partial charge in [-0.25, -0.2) is 4.98 Å². The molecule has 36 heavy (non-hydrogen) atoms. The number of cyclic esters (lactones) is 1. The molecule has 0 amide bonds. The van der Waals surface area contributed by atoms with Crippen LogP contribution in [0.5, 0.6) is 0 Å². The molecule has 1 aromatic carbocycles. The van der Waals surface area contributed by atoms with Gasteiger partial charge in [-0.1, -0.05) is 45.4 Å². The second kappa shape index (κ2) is 10.3. The fraction of sp³-hybridized carbons (Fsp3) is 0.621. The average Bonchev–Trinajstić information content (AvgIpc) is 3.48. The Morgan fingerprint density at radius 3 is 2.56 bits per heavy atom. The number of aryl methyl sites for hydroxylation is 1. The van der Waals surface area contributed by atoms with E-state index >= 15 is 0 Å². The number of carbonyl (C=O) groups is 2. The Bertz CT molecular complexity index is 1170. The maximum atomic E-state index is 13.3. The van der Waals surface area contributed by atoms with Gasteiger partial charge in [0.1, 0.15) is 11.9 Å². The highest BCUT2D eigenvalue weighted by molar-refractivity contribution is 7.18. The molecule has 196 valence electrons. The van der Waals surface area contributed by atoms with Crippen LogP contribution in [0.4, 0.5) is 0 Å². The Morgan fingerprint density at radius 1 is 1.11 bits per heavy atom. The van der Waals surface area contributed by atoms with Crippen LogP contribution in [0.1, 0.15) is 77.0 Å². The van der Waals surface area contributed by atoms with Crippen molar-refractivity contribution in [1.29, 1.82) is 0 Å². The molecule has 7 atom stereocenters. The van der Waals surface area contributed by atoms with Crippen molar-refractivity contribution in [3.8, 4) is 0 Å². The van der Waals surface area contributed by atoms with Crippen LogP contribution in [-0.2, 0) is 14.3 Å². The summed E-state index contributed by atoms with van der Waals surface area (Å²) in [5, 5.41) is 22.9. The lowest BCUT2D eigenvalue weighted by molar-refractivity contribution is -0.155. The predicted molar refractivity (Wildman–Crippen MR) is 142 cm³/mol. The maximum absolute atomic E-state index is 13.3. The summed E-state index contributed by atoms with van der Waals surface area (Å²) in [5.41, 5.74) is 1.79. The number of allylic oxidation sites excluding steroid dienone is 1. The SMILES string of the molecule is C/C1=C/C[C@H](c2ccc3sc(C)nc3c2)OC(=O)C[C@H](O)C(C)(C)C(=O)[C@H](C)[C@@H](O)[C@@H](C)C2CC2C1. The van der Waals surface area contributed by atoms with Gasteiger partial charge in [-0.2, -0.15) is 0 Å². The Balaban J connectivity index is 1.64. The van der Waals surface area contributed by atoms with E-state index in [2.05, 4.69) is 18.0 Å². The lowest BCUT2D eigenvalue weighted by Gasteiger charge is -2.34. The maximum Gasteiger partial charge on any atom is 0.309 e.